The molecule has 1 amide bonds. The molecule has 2 aromatic carbocycles. The highest BCUT2D eigenvalue weighted by Gasteiger charge is 2.13. The summed E-state index contributed by atoms with van der Waals surface area (Å²) in [5, 5.41) is 12.2. The Bertz CT molecular complexity index is 907. The van der Waals surface area contributed by atoms with Crippen LogP contribution < -0.4 is 10.1 Å². The molecular weight excluding hydrogens is 366 g/mol. The first-order valence-corrected chi connectivity index (χ1v) is 9.83. The number of anilines is 1. The van der Waals surface area contributed by atoms with Crippen molar-refractivity contribution >= 4 is 34.7 Å². The summed E-state index contributed by atoms with van der Waals surface area (Å²) in [5.41, 5.74) is 3.19. The molecule has 0 spiro atoms. The van der Waals surface area contributed by atoms with Crippen molar-refractivity contribution in [3.05, 3.63) is 63.6 Å². The highest BCUT2D eigenvalue weighted by atomic mass is 32.2. The van der Waals surface area contributed by atoms with Crippen LogP contribution in [0.1, 0.15) is 25.9 Å². The minimum atomic E-state index is -0.254. The number of carbonyl (C=O) groups excluding carboxylic acids is 1. The zero-order chi connectivity index (χ0) is 18.5. The number of ether oxygens (including phenoxy) is 1. The summed E-state index contributed by atoms with van der Waals surface area (Å²) < 4.78 is 5.11. The summed E-state index contributed by atoms with van der Waals surface area (Å²) in [6.45, 7) is 4.18. The molecule has 0 aliphatic heterocycles. The van der Waals surface area contributed by atoms with Crippen LogP contribution in [0.15, 0.2) is 47.4 Å². The summed E-state index contributed by atoms with van der Waals surface area (Å²) in [7, 11) is 1.60. The first-order chi connectivity index (χ1) is 12.5. The first-order valence-electron chi connectivity index (χ1n) is 8.03. The lowest BCUT2D eigenvalue weighted by molar-refractivity contribution is 0.102. The molecule has 26 heavy (non-hydrogen) atoms. The molecule has 0 saturated carbocycles. The van der Waals surface area contributed by atoms with Gasteiger partial charge in [0.05, 0.1) is 12.9 Å². The number of methoxy groups -OCH3 is 1. The number of rotatable bonds is 6. The maximum atomic E-state index is 12.3. The molecule has 3 aromatic rings. The molecule has 0 atom stereocenters. The van der Waals surface area contributed by atoms with E-state index < -0.39 is 0 Å². The number of thioether (sulfide) groups is 1. The van der Waals surface area contributed by atoms with Gasteiger partial charge in [-0.05, 0) is 49.7 Å². The zero-order valence-corrected chi connectivity index (χ0v) is 16.4. The van der Waals surface area contributed by atoms with Crippen molar-refractivity contribution in [2.75, 3.05) is 12.4 Å². The third-order valence-electron chi connectivity index (χ3n) is 3.69. The highest BCUT2D eigenvalue weighted by Crippen LogP contribution is 2.28. The molecule has 0 aliphatic carbocycles. The fourth-order valence-electron chi connectivity index (χ4n) is 2.36. The molecule has 0 fully saturated rings. The average Bonchev–Trinajstić information content (AvgIpc) is 3.11. The highest BCUT2D eigenvalue weighted by molar-refractivity contribution is 7.98. The van der Waals surface area contributed by atoms with Gasteiger partial charge in [-0.1, -0.05) is 29.0 Å². The minimum Gasteiger partial charge on any atom is -0.497 e. The Kier molecular flexibility index (Phi) is 5.90. The number of nitrogens with one attached hydrogen (secondary N) is 1. The van der Waals surface area contributed by atoms with Crippen LogP contribution in [0.25, 0.3) is 0 Å². The Morgan fingerprint density at radius 3 is 2.62 bits per heavy atom. The van der Waals surface area contributed by atoms with Crippen molar-refractivity contribution < 1.29 is 9.53 Å². The van der Waals surface area contributed by atoms with Crippen molar-refractivity contribution in [2.24, 2.45) is 0 Å². The van der Waals surface area contributed by atoms with Gasteiger partial charge in [0, 0.05) is 10.6 Å². The standard InChI is InChI=1S/C19H19N3O2S2/c1-12-4-9-16(13(2)10-12)25-11-17-21-22-19(26-17)18(23)20-14-5-7-15(24-3)8-6-14/h4-10H,11H2,1-3H3,(H,20,23). The normalized spacial score (nSPS) is 10.6. The van der Waals surface area contributed by atoms with Crippen LogP contribution in [0.3, 0.4) is 0 Å². The Hall–Kier alpha value is -2.38. The molecule has 0 aliphatic rings. The molecule has 0 radical (unpaired) electrons. The maximum absolute atomic E-state index is 12.3. The van der Waals surface area contributed by atoms with Gasteiger partial charge in [-0.25, -0.2) is 0 Å². The number of hydrogen-bond donors (Lipinski definition) is 1. The summed E-state index contributed by atoms with van der Waals surface area (Å²) in [6.07, 6.45) is 0. The van der Waals surface area contributed by atoms with Crippen molar-refractivity contribution in [3.8, 4) is 5.75 Å². The van der Waals surface area contributed by atoms with Crippen LogP contribution in [0.4, 0.5) is 5.69 Å². The van der Waals surface area contributed by atoms with Gasteiger partial charge in [0.1, 0.15) is 10.8 Å². The van der Waals surface area contributed by atoms with Crippen molar-refractivity contribution in [2.45, 2.75) is 24.5 Å². The van der Waals surface area contributed by atoms with Crippen LogP contribution >= 0.6 is 23.1 Å². The van der Waals surface area contributed by atoms with Gasteiger partial charge in [-0.3, -0.25) is 4.79 Å². The molecule has 1 aromatic heterocycles. The maximum Gasteiger partial charge on any atom is 0.286 e. The molecule has 3 rings (SSSR count). The fourth-order valence-corrected chi connectivity index (χ4v) is 4.09. The Morgan fingerprint density at radius 2 is 1.92 bits per heavy atom. The van der Waals surface area contributed by atoms with Gasteiger partial charge in [0.25, 0.3) is 5.91 Å². The van der Waals surface area contributed by atoms with E-state index in [1.807, 2.05) is 0 Å². The van der Waals surface area contributed by atoms with Gasteiger partial charge < -0.3 is 10.1 Å². The van der Waals surface area contributed by atoms with Crippen LogP contribution in [-0.2, 0) is 5.75 Å². The van der Waals surface area contributed by atoms with E-state index in [-0.39, 0.29) is 5.91 Å². The van der Waals surface area contributed by atoms with E-state index in [1.165, 1.54) is 27.4 Å². The Balaban J connectivity index is 1.60. The number of aryl methyl sites for hydroxylation is 2. The number of hydrogen-bond acceptors (Lipinski definition) is 6. The average molecular weight is 386 g/mol. The van der Waals surface area contributed by atoms with Crippen molar-refractivity contribution in [1.29, 1.82) is 0 Å². The smallest absolute Gasteiger partial charge is 0.286 e. The van der Waals surface area contributed by atoms with E-state index >= 15 is 0 Å². The predicted molar refractivity (Wildman–Crippen MR) is 106 cm³/mol. The van der Waals surface area contributed by atoms with Crippen molar-refractivity contribution in [3.63, 3.8) is 0 Å². The van der Waals surface area contributed by atoms with Gasteiger partial charge in [0.2, 0.25) is 5.01 Å². The van der Waals surface area contributed by atoms with E-state index in [0.717, 1.165) is 10.8 Å². The fraction of sp³-hybridized carbons (Fsp3) is 0.211. The lowest BCUT2D eigenvalue weighted by Gasteiger charge is -2.05. The third-order valence-corrected chi connectivity index (χ3v) is 5.98. The van der Waals surface area contributed by atoms with E-state index in [2.05, 4.69) is 47.6 Å². The molecule has 7 heteroatoms. The molecule has 0 unspecified atom stereocenters. The summed E-state index contributed by atoms with van der Waals surface area (Å²) in [4.78, 5) is 13.5. The summed E-state index contributed by atoms with van der Waals surface area (Å²) in [5.74, 6) is 1.18. The Labute approximate surface area is 160 Å². The second-order valence-corrected chi connectivity index (χ2v) is 7.82. The Morgan fingerprint density at radius 1 is 1.15 bits per heavy atom. The SMILES string of the molecule is COc1ccc(NC(=O)c2nnc(CSc3ccc(C)cc3C)s2)cc1. The number of amides is 1. The predicted octanol–water partition coefficient (Wildman–Crippen LogP) is 4.71. The summed E-state index contributed by atoms with van der Waals surface area (Å²) >= 11 is 3.02. The molecule has 5 nitrogen and oxygen atoms in total. The van der Waals surface area contributed by atoms with Crippen LogP contribution in [0, 0.1) is 13.8 Å². The van der Waals surface area contributed by atoms with Crippen molar-refractivity contribution in [1.82, 2.24) is 10.2 Å². The van der Waals surface area contributed by atoms with E-state index in [0.29, 0.717) is 16.4 Å². The molecule has 1 N–H and O–H groups in total. The number of aromatic nitrogens is 2. The number of carbonyl (C=O) groups is 1. The minimum absolute atomic E-state index is 0.254. The van der Waals surface area contributed by atoms with E-state index in [9.17, 15) is 4.79 Å². The number of benzene rings is 2. The monoisotopic (exact) mass is 385 g/mol. The number of nitrogens with zero attached hydrogens (tertiary/aromatic N) is 2. The molecule has 0 saturated heterocycles. The molecular formula is C19H19N3O2S2. The zero-order valence-electron chi connectivity index (χ0n) is 14.8. The molecule has 134 valence electrons. The van der Waals surface area contributed by atoms with Crippen LogP contribution in [0.2, 0.25) is 0 Å². The van der Waals surface area contributed by atoms with E-state index in [4.69, 9.17) is 4.74 Å². The molecule has 0 bridgehead atoms. The lowest BCUT2D eigenvalue weighted by Crippen LogP contribution is -2.11. The van der Waals surface area contributed by atoms with Gasteiger partial charge in [-0.2, -0.15) is 0 Å². The third kappa shape index (κ3) is 4.62. The van der Waals surface area contributed by atoms with Crippen LogP contribution in [-0.4, -0.2) is 23.2 Å². The lowest BCUT2D eigenvalue weighted by atomic mass is 10.2. The largest absolute Gasteiger partial charge is 0.497 e. The second-order valence-electron chi connectivity index (χ2n) is 5.74. The topological polar surface area (TPSA) is 64.1 Å². The van der Waals surface area contributed by atoms with Gasteiger partial charge >= 0.3 is 0 Å². The second kappa shape index (κ2) is 8.33. The van der Waals surface area contributed by atoms with Gasteiger partial charge in [0.15, 0.2) is 0 Å². The van der Waals surface area contributed by atoms with Crippen LogP contribution in [0.5, 0.6) is 5.75 Å². The van der Waals surface area contributed by atoms with Gasteiger partial charge in [-0.15, -0.1) is 22.0 Å². The quantitative estimate of drug-likeness (QED) is 0.623. The molecule has 1 heterocycles. The van der Waals surface area contributed by atoms with E-state index in [1.54, 1.807) is 43.1 Å². The summed E-state index contributed by atoms with van der Waals surface area (Å²) in [6, 6.07) is 13.5. The first kappa shape index (κ1) is 18.4.